The van der Waals surface area contributed by atoms with Crippen LogP contribution in [-0.2, 0) is 4.74 Å². The van der Waals surface area contributed by atoms with Crippen molar-refractivity contribution in [2.75, 3.05) is 12.4 Å². The van der Waals surface area contributed by atoms with Crippen molar-refractivity contribution in [2.45, 2.75) is 13.8 Å². The lowest BCUT2D eigenvalue weighted by atomic mass is 10.1. The highest BCUT2D eigenvalue weighted by atomic mass is 16.5. The van der Waals surface area contributed by atoms with Gasteiger partial charge in [0.25, 0.3) is 5.91 Å². The summed E-state index contributed by atoms with van der Waals surface area (Å²) in [5.74, 6) is -0.953. The van der Waals surface area contributed by atoms with Crippen molar-refractivity contribution in [3.63, 3.8) is 0 Å². The Balaban J connectivity index is 2.39. The van der Waals surface area contributed by atoms with Gasteiger partial charge < -0.3 is 9.15 Å². The molecule has 112 valence electrons. The van der Waals surface area contributed by atoms with Gasteiger partial charge in [-0.3, -0.25) is 10.1 Å². The van der Waals surface area contributed by atoms with E-state index in [1.165, 1.54) is 14.0 Å². The fourth-order valence-corrected chi connectivity index (χ4v) is 2.09. The van der Waals surface area contributed by atoms with Gasteiger partial charge in [-0.15, -0.1) is 0 Å². The number of esters is 1. The van der Waals surface area contributed by atoms with E-state index in [-0.39, 0.29) is 22.8 Å². The number of anilines is 1. The molecule has 0 aliphatic carbocycles. The highest BCUT2D eigenvalue weighted by molar-refractivity contribution is 6.06. The Labute approximate surface area is 127 Å². The van der Waals surface area contributed by atoms with Crippen LogP contribution < -0.4 is 5.32 Å². The maximum atomic E-state index is 12.3. The summed E-state index contributed by atoms with van der Waals surface area (Å²) in [6, 6.07) is 8.88. The number of ether oxygens (including phenoxy) is 1. The minimum absolute atomic E-state index is 0.0186. The van der Waals surface area contributed by atoms with Crippen molar-refractivity contribution in [1.29, 1.82) is 5.26 Å². The molecule has 0 fully saturated rings. The van der Waals surface area contributed by atoms with E-state index in [0.29, 0.717) is 5.56 Å². The molecule has 0 aliphatic rings. The highest BCUT2D eigenvalue weighted by Crippen LogP contribution is 2.27. The Kier molecular flexibility index (Phi) is 4.28. The Morgan fingerprint density at radius 1 is 1.27 bits per heavy atom. The maximum absolute atomic E-state index is 12.3. The number of carbonyl (C=O) groups excluding carboxylic acids is 2. The van der Waals surface area contributed by atoms with Crippen LogP contribution in [0, 0.1) is 25.2 Å². The number of benzene rings is 1. The van der Waals surface area contributed by atoms with Gasteiger partial charge in [-0.1, -0.05) is 18.2 Å². The molecule has 1 heterocycles. The topological polar surface area (TPSA) is 92.3 Å². The third-order valence-corrected chi connectivity index (χ3v) is 3.20. The molecule has 6 heteroatoms. The van der Waals surface area contributed by atoms with E-state index in [4.69, 9.17) is 4.42 Å². The fourth-order valence-electron chi connectivity index (χ4n) is 2.09. The number of rotatable bonds is 3. The molecule has 0 radical (unpaired) electrons. The van der Waals surface area contributed by atoms with Gasteiger partial charge in [-0.05, 0) is 25.5 Å². The number of nitriles is 1. The molecule has 6 nitrogen and oxygen atoms in total. The van der Waals surface area contributed by atoms with Crippen LogP contribution in [0.15, 0.2) is 28.7 Å². The average Bonchev–Trinajstić information content (AvgIpc) is 2.82. The molecule has 1 N–H and O–H groups in total. The van der Waals surface area contributed by atoms with Crippen LogP contribution >= 0.6 is 0 Å². The Hall–Kier alpha value is -3.07. The molecule has 1 aromatic carbocycles. The van der Waals surface area contributed by atoms with E-state index in [1.807, 2.05) is 12.1 Å². The third-order valence-electron chi connectivity index (χ3n) is 3.20. The molecule has 1 amide bonds. The molecule has 2 aromatic rings. The molecule has 0 atom stereocenters. The summed E-state index contributed by atoms with van der Waals surface area (Å²) in [4.78, 5) is 24.0. The van der Waals surface area contributed by atoms with Crippen molar-refractivity contribution in [1.82, 2.24) is 0 Å². The lowest BCUT2D eigenvalue weighted by Gasteiger charge is -2.05. The first-order valence-corrected chi connectivity index (χ1v) is 6.48. The quantitative estimate of drug-likeness (QED) is 0.879. The molecular weight excluding hydrogens is 284 g/mol. The second-order valence-corrected chi connectivity index (χ2v) is 4.61. The minimum atomic E-state index is -0.686. The Bertz CT molecular complexity index is 784. The summed E-state index contributed by atoms with van der Waals surface area (Å²) in [6.07, 6.45) is 0. The lowest BCUT2D eigenvalue weighted by Crippen LogP contribution is -2.14. The van der Waals surface area contributed by atoms with E-state index >= 15 is 0 Å². The number of amides is 1. The molecule has 0 saturated carbocycles. The molecule has 0 bridgehead atoms. The zero-order valence-electron chi connectivity index (χ0n) is 12.4. The first-order chi connectivity index (χ1) is 10.5. The van der Waals surface area contributed by atoms with Crippen molar-refractivity contribution in [3.8, 4) is 6.07 Å². The first-order valence-electron chi connectivity index (χ1n) is 6.48. The second kappa shape index (κ2) is 6.14. The number of furan rings is 1. The van der Waals surface area contributed by atoms with E-state index in [0.717, 1.165) is 5.56 Å². The Morgan fingerprint density at radius 2 is 1.95 bits per heavy atom. The molecule has 0 aliphatic heterocycles. The maximum Gasteiger partial charge on any atom is 0.342 e. The monoisotopic (exact) mass is 298 g/mol. The molecule has 0 unspecified atom stereocenters. The van der Waals surface area contributed by atoms with Crippen LogP contribution in [0.25, 0.3) is 0 Å². The van der Waals surface area contributed by atoms with E-state index in [9.17, 15) is 14.9 Å². The number of carbonyl (C=O) groups is 2. The number of methoxy groups -OCH3 is 1. The van der Waals surface area contributed by atoms with E-state index in [2.05, 4.69) is 10.1 Å². The summed E-state index contributed by atoms with van der Waals surface area (Å²) in [7, 11) is 1.21. The third kappa shape index (κ3) is 2.69. The van der Waals surface area contributed by atoms with Crippen molar-refractivity contribution < 1.29 is 18.7 Å². The average molecular weight is 298 g/mol. The zero-order valence-corrected chi connectivity index (χ0v) is 12.4. The predicted molar refractivity (Wildman–Crippen MR) is 78.6 cm³/mol. The number of nitrogens with one attached hydrogen (secondary N) is 1. The van der Waals surface area contributed by atoms with Crippen molar-refractivity contribution in [2.24, 2.45) is 0 Å². The van der Waals surface area contributed by atoms with Gasteiger partial charge in [-0.2, -0.15) is 5.26 Å². The van der Waals surface area contributed by atoms with Gasteiger partial charge in [0.1, 0.15) is 23.0 Å². The van der Waals surface area contributed by atoms with Gasteiger partial charge in [0.05, 0.1) is 7.11 Å². The molecule has 2 rings (SSSR count). The summed E-state index contributed by atoms with van der Waals surface area (Å²) in [5.41, 5.74) is 1.21. The van der Waals surface area contributed by atoms with Gasteiger partial charge in [0.15, 0.2) is 0 Å². The Morgan fingerprint density at radius 3 is 2.55 bits per heavy atom. The highest BCUT2D eigenvalue weighted by Gasteiger charge is 2.25. The van der Waals surface area contributed by atoms with Gasteiger partial charge in [-0.25, -0.2) is 4.79 Å². The minimum Gasteiger partial charge on any atom is -0.465 e. The number of nitrogens with zero attached hydrogens (tertiary/aromatic N) is 1. The van der Waals surface area contributed by atoms with E-state index in [1.54, 1.807) is 25.1 Å². The molecular formula is C16H14N2O4. The van der Waals surface area contributed by atoms with Crippen LogP contribution in [0.2, 0.25) is 0 Å². The largest absolute Gasteiger partial charge is 0.465 e. The number of hydrogen-bond donors (Lipinski definition) is 1. The number of hydrogen-bond acceptors (Lipinski definition) is 5. The second-order valence-electron chi connectivity index (χ2n) is 4.61. The van der Waals surface area contributed by atoms with Crippen molar-refractivity contribution in [3.05, 3.63) is 52.3 Å². The normalized spacial score (nSPS) is 9.91. The molecule has 0 saturated heterocycles. The SMILES string of the molecule is COC(=O)c1c(C)oc(NC(=O)c2ccccc2C)c1C#N. The lowest BCUT2D eigenvalue weighted by molar-refractivity contribution is 0.0598. The first kappa shape index (κ1) is 15.3. The summed E-state index contributed by atoms with van der Waals surface area (Å²) < 4.78 is 9.96. The summed E-state index contributed by atoms with van der Waals surface area (Å²) >= 11 is 0. The fraction of sp³-hybridized carbons (Fsp3) is 0.188. The predicted octanol–water partition coefficient (Wildman–Crippen LogP) is 2.81. The molecule has 0 spiro atoms. The summed E-state index contributed by atoms with van der Waals surface area (Å²) in [6.45, 7) is 3.32. The molecule has 22 heavy (non-hydrogen) atoms. The van der Waals surface area contributed by atoms with Crippen LogP contribution in [0.3, 0.4) is 0 Å². The van der Waals surface area contributed by atoms with E-state index < -0.39 is 11.9 Å². The zero-order chi connectivity index (χ0) is 16.3. The van der Waals surface area contributed by atoms with Crippen LogP contribution in [-0.4, -0.2) is 19.0 Å². The van der Waals surface area contributed by atoms with Gasteiger partial charge in [0, 0.05) is 5.56 Å². The van der Waals surface area contributed by atoms with Crippen molar-refractivity contribution >= 4 is 17.8 Å². The smallest absolute Gasteiger partial charge is 0.342 e. The standard InChI is InChI=1S/C16H14N2O4/c1-9-6-4-5-7-11(9)14(19)18-15-12(8-17)13(10(2)22-15)16(20)21-3/h4-7H,1-3H3,(H,18,19). The number of aryl methyl sites for hydroxylation is 2. The van der Waals surface area contributed by atoms with Crippen LogP contribution in [0.1, 0.15) is 37.6 Å². The van der Waals surface area contributed by atoms with Gasteiger partial charge in [0.2, 0.25) is 5.88 Å². The summed E-state index contributed by atoms with van der Waals surface area (Å²) in [5, 5.41) is 11.7. The van der Waals surface area contributed by atoms with Crippen LogP contribution in [0.4, 0.5) is 5.88 Å². The molecule has 1 aromatic heterocycles. The van der Waals surface area contributed by atoms with Crippen LogP contribution in [0.5, 0.6) is 0 Å². The van der Waals surface area contributed by atoms with Gasteiger partial charge >= 0.3 is 5.97 Å².